The van der Waals surface area contributed by atoms with Crippen LogP contribution < -0.4 is 11.2 Å². The highest BCUT2D eigenvalue weighted by molar-refractivity contribution is 4.94. The number of aromatic amines is 1. The summed E-state index contributed by atoms with van der Waals surface area (Å²) in [4.78, 5) is 24.4. The molecular formula is C10H13FN2O5. The van der Waals surface area contributed by atoms with Crippen molar-refractivity contribution in [1.29, 1.82) is 0 Å². The third-order valence-electron chi connectivity index (χ3n) is 2.94. The Bertz CT molecular complexity index is 527. The lowest BCUT2D eigenvalue weighted by Gasteiger charge is -2.36. The summed E-state index contributed by atoms with van der Waals surface area (Å²) in [7, 11) is 0. The van der Waals surface area contributed by atoms with Gasteiger partial charge in [0, 0.05) is 12.3 Å². The first-order valence-electron chi connectivity index (χ1n) is 5.40. The monoisotopic (exact) mass is 260 g/mol. The lowest BCUT2D eigenvalue weighted by atomic mass is 9.99. The number of aliphatic hydroxyl groups is 2. The van der Waals surface area contributed by atoms with Crippen LogP contribution in [0.15, 0.2) is 21.9 Å². The normalized spacial score (nSPS) is 32.4. The Morgan fingerprint density at radius 2 is 2.28 bits per heavy atom. The number of ether oxygens (including phenoxy) is 1. The van der Waals surface area contributed by atoms with Crippen LogP contribution in [0.2, 0.25) is 0 Å². The molecule has 0 aliphatic carbocycles. The van der Waals surface area contributed by atoms with Crippen molar-refractivity contribution in [3.05, 3.63) is 33.1 Å². The van der Waals surface area contributed by atoms with E-state index in [1.165, 1.54) is 0 Å². The van der Waals surface area contributed by atoms with Gasteiger partial charge in [-0.05, 0) is 0 Å². The first kappa shape index (κ1) is 12.9. The van der Waals surface area contributed by atoms with E-state index in [1.807, 2.05) is 4.98 Å². The molecule has 0 amide bonds. The summed E-state index contributed by atoms with van der Waals surface area (Å²) in [5.74, 6) is 0. The van der Waals surface area contributed by atoms with Crippen molar-refractivity contribution in [2.75, 3.05) is 13.2 Å². The van der Waals surface area contributed by atoms with E-state index in [0.717, 1.165) is 16.8 Å². The van der Waals surface area contributed by atoms with E-state index in [9.17, 15) is 19.1 Å². The summed E-state index contributed by atoms with van der Waals surface area (Å²) >= 11 is 0. The average Bonchev–Trinajstić information content (AvgIpc) is 2.34. The number of aromatic nitrogens is 2. The molecule has 1 aliphatic rings. The number of hydrogen-bond acceptors (Lipinski definition) is 5. The van der Waals surface area contributed by atoms with E-state index >= 15 is 0 Å². The third kappa shape index (κ3) is 2.22. The number of nitrogens with one attached hydrogen (secondary N) is 1. The maximum atomic E-state index is 14.0. The van der Waals surface area contributed by atoms with Crippen molar-refractivity contribution in [2.24, 2.45) is 0 Å². The maximum absolute atomic E-state index is 14.0. The molecule has 0 aromatic carbocycles. The number of halogens is 1. The minimum Gasteiger partial charge on any atom is -0.394 e. The SMILES string of the molecule is O=c1ccn(C2COC(CO)C(O)C2F)c(=O)[nH]1. The van der Waals surface area contributed by atoms with Crippen molar-refractivity contribution >= 4 is 0 Å². The molecule has 1 aromatic rings. The number of H-pyrrole nitrogens is 1. The van der Waals surface area contributed by atoms with Gasteiger partial charge in [-0.15, -0.1) is 0 Å². The van der Waals surface area contributed by atoms with E-state index in [-0.39, 0.29) is 6.61 Å². The van der Waals surface area contributed by atoms with E-state index in [1.54, 1.807) is 0 Å². The summed E-state index contributed by atoms with van der Waals surface area (Å²) in [6, 6.07) is 0.0469. The van der Waals surface area contributed by atoms with Gasteiger partial charge >= 0.3 is 5.69 Å². The molecule has 0 spiro atoms. The minimum absolute atomic E-state index is 0.171. The number of alkyl halides is 1. The lowest BCUT2D eigenvalue weighted by Crippen LogP contribution is -2.52. The summed E-state index contributed by atoms with van der Waals surface area (Å²) in [6.45, 7) is -0.676. The molecule has 3 N–H and O–H groups in total. The molecule has 1 saturated heterocycles. The second kappa shape index (κ2) is 5.01. The van der Waals surface area contributed by atoms with Crippen LogP contribution in [-0.4, -0.2) is 51.4 Å². The quantitative estimate of drug-likeness (QED) is 0.580. The molecule has 2 heterocycles. The fraction of sp³-hybridized carbons (Fsp3) is 0.600. The largest absolute Gasteiger partial charge is 0.394 e. The topological polar surface area (TPSA) is 105 Å². The molecule has 1 fully saturated rings. The van der Waals surface area contributed by atoms with Gasteiger partial charge in [0.1, 0.15) is 12.2 Å². The molecule has 8 heteroatoms. The number of rotatable bonds is 2. The maximum Gasteiger partial charge on any atom is 0.328 e. The fourth-order valence-corrected chi connectivity index (χ4v) is 1.93. The minimum atomic E-state index is -1.76. The Labute approximate surface area is 100 Å². The average molecular weight is 260 g/mol. The Hall–Kier alpha value is -1.51. The number of nitrogens with zero attached hydrogens (tertiary/aromatic N) is 1. The van der Waals surface area contributed by atoms with E-state index in [4.69, 9.17) is 9.84 Å². The van der Waals surface area contributed by atoms with Crippen LogP contribution in [0.25, 0.3) is 0 Å². The third-order valence-corrected chi connectivity index (χ3v) is 2.94. The molecule has 2 rings (SSSR count). The molecule has 1 aliphatic heterocycles. The lowest BCUT2D eigenvalue weighted by molar-refractivity contribution is -0.149. The smallest absolute Gasteiger partial charge is 0.328 e. The second-order valence-corrected chi connectivity index (χ2v) is 4.07. The Balaban J connectivity index is 2.29. The van der Waals surface area contributed by atoms with Crippen LogP contribution >= 0.6 is 0 Å². The highest BCUT2D eigenvalue weighted by Gasteiger charge is 2.40. The molecule has 4 unspecified atom stereocenters. The van der Waals surface area contributed by atoms with E-state index in [0.29, 0.717) is 0 Å². The van der Waals surface area contributed by atoms with Gasteiger partial charge < -0.3 is 14.9 Å². The first-order valence-corrected chi connectivity index (χ1v) is 5.40. The van der Waals surface area contributed by atoms with Crippen LogP contribution in [0.5, 0.6) is 0 Å². The summed E-state index contributed by atoms with van der Waals surface area (Å²) in [6.07, 6.45) is -3.14. The molecule has 4 atom stereocenters. The van der Waals surface area contributed by atoms with Crippen molar-refractivity contribution in [2.45, 2.75) is 24.4 Å². The van der Waals surface area contributed by atoms with Gasteiger partial charge in [-0.2, -0.15) is 0 Å². The predicted octanol–water partition coefficient (Wildman–Crippen LogP) is -1.83. The molecule has 100 valence electrons. The van der Waals surface area contributed by atoms with Crippen LogP contribution in [0.3, 0.4) is 0 Å². The second-order valence-electron chi connectivity index (χ2n) is 4.07. The molecular weight excluding hydrogens is 247 g/mol. The van der Waals surface area contributed by atoms with Crippen LogP contribution in [-0.2, 0) is 4.74 Å². The number of aliphatic hydroxyl groups excluding tert-OH is 2. The van der Waals surface area contributed by atoms with Gasteiger partial charge in [-0.1, -0.05) is 0 Å². The molecule has 0 saturated carbocycles. The van der Waals surface area contributed by atoms with Gasteiger partial charge in [0.25, 0.3) is 5.56 Å². The van der Waals surface area contributed by atoms with Gasteiger partial charge in [-0.3, -0.25) is 14.3 Å². The molecule has 18 heavy (non-hydrogen) atoms. The van der Waals surface area contributed by atoms with Gasteiger partial charge in [-0.25, -0.2) is 9.18 Å². The van der Waals surface area contributed by atoms with Crippen LogP contribution in [0.4, 0.5) is 4.39 Å². The highest BCUT2D eigenvalue weighted by atomic mass is 19.1. The molecule has 1 aromatic heterocycles. The number of hydrogen-bond donors (Lipinski definition) is 3. The zero-order valence-electron chi connectivity index (χ0n) is 9.32. The highest BCUT2D eigenvalue weighted by Crippen LogP contribution is 2.25. The Morgan fingerprint density at radius 3 is 2.89 bits per heavy atom. The van der Waals surface area contributed by atoms with Gasteiger partial charge in [0.15, 0.2) is 6.17 Å². The van der Waals surface area contributed by atoms with Crippen molar-refractivity contribution in [1.82, 2.24) is 9.55 Å². The van der Waals surface area contributed by atoms with Crippen molar-refractivity contribution in [3.8, 4) is 0 Å². The predicted molar refractivity (Wildman–Crippen MR) is 58.1 cm³/mol. The molecule has 7 nitrogen and oxygen atoms in total. The standard InChI is InChI=1S/C10H13FN2O5/c11-8-5(4-18-6(3-14)9(8)16)13-2-1-7(15)12-10(13)17/h1-2,5-6,8-9,14,16H,3-4H2,(H,12,15,17). The Kier molecular flexibility index (Phi) is 3.60. The first-order chi connectivity index (χ1) is 8.54. The van der Waals surface area contributed by atoms with Crippen LogP contribution in [0.1, 0.15) is 6.04 Å². The zero-order valence-corrected chi connectivity index (χ0v) is 9.32. The summed E-state index contributed by atoms with van der Waals surface area (Å²) in [5.41, 5.74) is -1.36. The van der Waals surface area contributed by atoms with E-state index in [2.05, 4.69) is 0 Å². The van der Waals surface area contributed by atoms with Gasteiger partial charge in [0.2, 0.25) is 0 Å². The Morgan fingerprint density at radius 1 is 1.56 bits per heavy atom. The summed E-state index contributed by atoms with van der Waals surface area (Å²) < 4.78 is 20.0. The van der Waals surface area contributed by atoms with Crippen molar-refractivity contribution in [3.63, 3.8) is 0 Å². The van der Waals surface area contributed by atoms with Crippen LogP contribution in [0, 0.1) is 0 Å². The van der Waals surface area contributed by atoms with E-state index < -0.39 is 42.3 Å². The fourth-order valence-electron chi connectivity index (χ4n) is 1.93. The zero-order chi connectivity index (χ0) is 13.3. The molecule has 0 radical (unpaired) electrons. The van der Waals surface area contributed by atoms with Gasteiger partial charge in [0.05, 0.1) is 19.3 Å². The van der Waals surface area contributed by atoms with Crippen molar-refractivity contribution < 1.29 is 19.3 Å². The summed E-state index contributed by atoms with van der Waals surface area (Å²) in [5, 5.41) is 18.4. The molecule has 0 bridgehead atoms.